The summed E-state index contributed by atoms with van der Waals surface area (Å²) < 4.78 is 4.87. The summed E-state index contributed by atoms with van der Waals surface area (Å²) in [6.45, 7) is 6.87. The Morgan fingerprint density at radius 2 is 0.944 bits per heavy atom. The second-order valence-corrected chi connectivity index (χ2v) is 12.9. The van der Waals surface area contributed by atoms with Crippen molar-refractivity contribution in [2.75, 3.05) is 0 Å². The molecule has 7 aromatic carbocycles. The molecule has 0 unspecified atom stereocenters. The van der Waals surface area contributed by atoms with Crippen LogP contribution in [0.3, 0.4) is 0 Å². The molecule has 0 saturated carbocycles. The molecule has 0 saturated heterocycles. The first-order valence-electron chi connectivity index (χ1n) is 18.7. The van der Waals surface area contributed by atoms with Crippen LogP contribution in [0, 0.1) is 12.8 Å². The van der Waals surface area contributed by atoms with Gasteiger partial charge in [-0.15, -0.1) is 12.8 Å². The van der Waals surface area contributed by atoms with Gasteiger partial charge in [0.05, 0.1) is 11.0 Å². The number of terminal acetylenes is 1. The van der Waals surface area contributed by atoms with Gasteiger partial charge in [-0.3, -0.25) is 0 Å². The highest BCUT2D eigenvalue weighted by molar-refractivity contribution is 6.12. The number of benzene rings is 7. The van der Waals surface area contributed by atoms with Gasteiger partial charge >= 0.3 is 0 Å². The van der Waals surface area contributed by atoms with Gasteiger partial charge in [0.25, 0.3) is 0 Å². The van der Waals surface area contributed by atoms with Crippen molar-refractivity contribution in [1.82, 2.24) is 9.13 Å². The molecule has 0 bridgehead atoms. The third-order valence-corrected chi connectivity index (χ3v) is 9.90. The lowest BCUT2D eigenvalue weighted by Crippen LogP contribution is -1.96. The Morgan fingerprint density at radius 1 is 0.426 bits per heavy atom. The minimum Gasteiger partial charge on any atom is -0.337 e. The van der Waals surface area contributed by atoms with Gasteiger partial charge in [-0.1, -0.05) is 153 Å². The van der Waals surface area contributed by atoms with Crippen molar-refractivity contribution in [3.63, 3.8) is 0 Å². The lowest BCUT2D eigenvalue weighted by molar-refractivity contribution is 0.899. The highest BCUT2D eigenvalue weighted by atomic mass is 15.0. The van der Waals surface area contributed by atoms with Crippen LogP contribution in [-0.4, -0.2) is 9.13 Å². The van der Waals surface area contributed by atoms with E-state index in [1.807, 2.05) is 20.8 Å². The summed E-state index contributed by atoms with van der Waals surface area (Å²) in [6, 6.07) is 59.9. The fourth-order valence-electron chi connectivity index (χ4n) is 7.55. The van der Waals surface area contributed by atoms with Crippen molar-refractivity contribution >= 4 is 43.6 Å². The van der Waals surface area contributed by atoms with Gasteiger partial charge in [0.2, 0.25) is 0 Å². The zero-order chi connectivity index (χ0) is 37.4. The van der Waals surface area contributed by atoms with Gasteiger partial charge in [0, 0.05) is 44.8 Å². The van der Waals surface area contributed by atoms with Crippen LogP contribution in [-0.2, 0) is 6.54 Å². The molecular weight excluding hydrogens is 653 g/mol. The summed E-state index contributed by atoms with van der Waals surface area (Å²) in [6.07, 6.45) is 16.5. The Bertz CT molecular complexity index is 2710. The van der Waals surface area contributed by atoms with E-state index in [0.29, 0.717) is 0 Å². The van der Waals surface area contributed by atoms with Crippen LogP contribution in [0.15, 0.2) is 188 Å². The number of fused-ring (bicyclic) bond motifs is 6. The number of aromatic nitrogens is 2. The lowest BCUT2D eigenvalue weighted by Gasteiger charge is -2.14. The van der Waals surface area contributed by atoms with Crippen molar-refractivity contribution in [3.8, 4) is 51.9 Å². The normalized spacial score (nSPS) is 11.3. The van der Waals surface area contributed by atoms with Gasteiger partial charge in [-0.25, -0.2) is 0 Å². The molecule has 54 heavy (non-hydrogen) atoms. The molecule has 0 amide bonds. The zero-order valence-corrected chi connectivity index (χ0v) is 31.2. The average Bonchev–Trinajstić information content (AvgIpc) is 3.76. The zero-order valence-electron chi connectivity index (χ0n) is 31.2. The molecule has 0 aliphatic carbocycles. The maximum atomic E-state index is 4.00. The van der Waals surface area contributed by atoms with Gasteiger partial charge in [-0.2, -0.15) is 0 Å². The van der Waals surface area contributed by atoms with Crippen LogP contribution >= 0.6 is 0 Å². The SMILES string of the molecule is C#C.C/C=C\C=C/Cn1c2ccccc2c2cc(-c3ccc4c5ccccc5n(-c5cc(-c6ccccc6)cc(-c6ccccc6)c5)c4c3)ccc21.CC. The smallest absolute Gasteiger partial charge is 0.0547 e. The average molecular weight is 697 g/mol. The third-order valence-electron chi connectivity index (χ3n) is 9.90. The Kier molecular flexibility index (Phi) is 10.7. The van der Waals surface area contributed by atoms with Crippen LogP contribution in [0.1, 0.15) is 20.8 Å². The monoisotopic (exact) mass is 696 g/mol. The molecule has 262 valence electrons. The molecule has 2 heterocycles. The first kappa shape index (κ1) is 35.6. The predicted molar refractivity (Wildman–Crippen MR) is 235 cm³/mol. The Labute approximate surface area is 319 Å². The van der Waals surface area contributed by atoms with E-state index < -0.39 is 0 Å². The van der Waals surface area contributed by atoms with Crippen molar-refractivity contribution in [3.05, 3.63) is 188 Å². The van der Waals surface area contributed by atoms with Gasteiger partial charge < -0.3 is 9.13 Å². The van der Waals surface area contributed by atoms with E-state index >= 15 is 0 Å². The molecule has 9 aromatic rings. The van der Waals surface area contributed by atoms with Crippen molar-refractivity contribution in [2.24, 2.45) is 0 Å². The molecular formula is C52H44N2. The standard InChI is InChI=1S/C48H36N2.C2H6.C2H2/c1-2-3-4-15-28-49-45-22-13-11-21-42(45)44-32-36(25-27-46(44)49)37-24-26-43-41-20-12-14-23-47(41)50(48(43)33-37)40-30-38(34-16-7-5-8-17-34)29-39(31-40)35-18-9-6-10-19-35;2*1-2/h2-27,29-33H,28H2,1H3;1-2H3;1-2H/b3-2-,15-4-;;. The topological polar surface area (TPSA) is 9.86 Å². The minimum atomic E-state index is 0.826. The van der Waals surface area contributed by atoms with Crippen LogP contribution in [0.2, 0.25) is 0 Å². The summed E-state index contributed by atoms with van der Waals surface area (Å²) in [5.41, 5.74) is 13.3. The number of hydrogen-bond acceptors (Lipinski definition) is 0. The molecule has 0 fully saturated rings. The fraction of sp³-hybridized carbons (Fsp3) is 0.0769. The first-order chi connectivity index (χ1) is 26.8. The van der Waals surface area contributed by atoms with E-state index in [2.05, 4.69) is 210 Å². The molecule has 9 rings (SSSR count). The summed E-state index contributed by atoms with van der Waals surface area (Å²) in [5.74, 6) is 0. The summed E-state index contributed by atoms with van der Waals surface area (Å²) in [4.78, 5) is 0. The van der Waals surface area contributed by atoms with Gasteiger partial charge in [-0.05, 0) is 88.8 Å². The molecule has 2 heteroatoms. The van der Waals surface area contributed by atoms with Crippen LogP contribution in [0.4, 0.5) is 0 Å². The highest BCUT2D eigenvalue weighted by Gasteiger charge is 2.17. The maximum Gasteiger partial charge on any atom is 0.0547 e. The Hall–Kier alpha value is -6.82. The van der Waals surface area contributed by atoms with Crippen LogP contribution in [0.5, 0.6) is 0 Å². The summed E-state index contributed by atoms with van der Waals surface area (Å²) in [5, 5.41) is 5.07. The second kappa shape index (κ2) is 16.2. The molecule has 2 nitrogen and oxygen atoms in total. The molecule has 0 aliphatic heterocycles. The Balaban J connectivity index is 0.00000109. The van der Waals surface area contributed by atoms with Crippen LogP contribution < -0.4 is 0 Å². The lowest BCUT2D eigenvalue weighted by atomic mass is 9.98. The van der Waals surface area contributed by atoms with E-state index in [9.17, 15) is 0 Å². The summed E-state index contributed by atoms with van der Waals surface area (Å²) >= 11 is 0. The van der Waals surface area contributed by atoms with Crippen molar-refractivity contribution < 1.29 is 0 Å². The number of rotatable bonds is 7. The first-order valence-corrected chi connectivity index (χ1v) is 18.7. The quantitative estimate of drug-likeness (QED) is 0.116. The Morgan fingerprint density at radius 3 is 1.59 bits per heavy atom. The molecule has 0 radical (unpaired) electrons. The third kappa shape index (κ3) is 6.65. The van der Waals surface area contributed by atoms with E-state index in [4.69, 9.17) is 0 Å². The van der Waals surface area contributed by atoms with Crippen molar-refractivity contribution in [2.45, 2.75) is 27.3 Å². The minimum absolute atomic E-state index is 0.826. The molecule has 2 aromatic heterocycles. The molecule has 0 N–H and O–H groups in total. The predicted octanol–water partition coefficient (Wildman–Crippen LogP) is 14.3. The maximum absolute atomic E-state index is 4.00. The second-order valence-electron chi connectivity index (χ2n) is 12.9. The fourth-order valence-corrected chi connectivity index (χ4v) is 7.55. The number of nitrogens with zero attached hydrogens (tertiary/aromatic N) is 2. The number of para-hydroxylation sites is 2. The van der Waals surface area contributed by atoms with Crippen LogP contribution in [0.25, 0.3) is 82.7 Å². The molecule has 0 atom stereocenters. The molecule has 0 spiro atoms. The van der Waals surface area contributed by atoms with E-state index in [1.165, 1.54) is 77.0 Å². The van der Waals surface area contributed by atoms with E-state index in [0.717, 1.165) is 12.2 Å². The van der Waals surface area contributed by atoms with Crippen molar-refractivity contribution in [1.29, 1.82) is 0 Å². The van der Waals surface area contributed by atoms with E-state index in [-0.39, 0.29) is 0 Å². The number of allylic oxidation sites excluding steroid dienone is 4. The van der Waals surface area contributed by atoms with Gasteiger partial charge in [0.15, 0.2) is 0 Å². The van der Waals surface area contributed by atoms with E-state index in [1.54, 1.807) is 0 Å². The molecule has 0 aliphatic rings. The highest BCUT2D eigenvalue weighted by Crippen LogP contribution is 2.39. The summed E-state index contributed by atoms with van der Waals surface area (Å²) in [7, 11) is 0. The largest absolute Gasteiger partial charge is 0.337 e. The van der Waals surface area contributed by atoms with Gasteiger partial charge in [0.1, 0.15) is 0 Å². The number of hydrogen-bond donors (Lipinski definition) is 0.